The Balaban J connectivity index is 2.63. The Morgan fingerprint density at radius 2 is 2.07 bits per heavy atom. The van der Waals surface area contributed by atoms with Gasteiger partial charge in [0.15, 0.2) is 0 Å². The van der Waals surface area contributed by atoms with E-state index >= 15 is 0 Å². The van der Waals surface area contributed by atoms with Crippen molar-refractivity contribution in [2.75, 3.05) is 5.32 Å². The van der Waals surface area contributed by atoms with E-state index in [0.717, 1.165) is 12.2 Å². The van der Waals surface area contributed by atoms with Crippen LogP contribution in [0.5, 0.6) is 0 Å². The number of benzene rings is 1. The van der Waals surface area contributed by atoms with Crippen LogP contribution in [0.4, 0.5) is 5.69 Å². The van der Waals surface area contributed by atoms with E-state index in [1.54, 1.807) is 24.3 Å². The van der Waals surface area contributed by atoms with E-state index < -0.39 is 11.9 Å². The minimum absolute atomic E-state index is 0.495. The minimum atomic E-state index is -1.17. The van der Waals surface area contributed by atoms with Crippen LogP contribution in [0.1, 0.15) is 0 Å². The molecule has 0 aliphatic heterocycles. The molecular formula is C10H8ClNO3. The molecule has 78 valence electrons. The minimum Gasteiger partial charge on any atom is -0.478 e. The Morgan fingerprint density at radius 3 is 2.67 bits per heavy atom. The largest absolute Gasteiger partial charge is 0.478 e. The van der Waals surface area contributed by atoms with Gasteiger partial charge in [-0.1, -0.05) is 17.7 Å². The summed E-state index contributed by atoms with van der Waals surface area (Å²) in [5.41, 5.74) is 0.516. The second kappa shape index (κ2) is 5.17. The Bertz CT molecular complexity index is 415. The molecule has 0 atom stereocenters. The number of hydrogen-bond acceptors (Lipinski definition) is 2. The molecule has 5 heteroatoms. The van der Waals surface area contributed by atoms with Crippen LogP contribution < -0.4 is 5.32 Å². The molecule has 0 bridgehead atoms. The van der Waals surface area contributed by atoms with Crippen LogP contribution in [0.25, 0.3) is 0 Å². The van der Waals surface area contributed by atoms with Crippen LogP contribution in [0.2, 0.25) is 5.02 Å². The summed E-state index contributed by atoms with van der Waals surface area (Å²) in [6, 6.07) is 6.57. The maximum atomic E-state index is 11.1. The first-order chi connectivity index (χ1) is 7.08. The fourth-order valence-corrected chi connectivity index (χ4v) is 1.09. The lowest BCUT2D eigenvalue weighted by Gasteiger charge is -2.01. The Morgan fingerprint density at radius 1 is 1.33 bits per heavy atom. The summed E-state index contributed by atoms with van der Waals surface area (Å²) in [5, 5.41) is 11.2. The van der Waals surface area contributed by atoms with Crippen molar-refractivity contribution in [3.63, 3.8) is 0 Å². The molecule has 1 amide bonds. The topological polar surface area (TPSA) is 66.4 Å². The molecule has 0 spiro atoms. The van der Waals surface area contributed by atoms with Crippen molar-refractivity contribution < 1.29 is 14.7 Å². The molecule has 0 saturated heterocycles. The lowest BCUT2D eigenvalue weighted by atomic mass is 10.3. The van der Waals surface area contributed by atoms with Crippen LogP contribution in [0, 0.1) is 0 Å². The number of carboxylic acid groups (broad SMARTS) is 1. The molecule has 0 aliphatic carbocycles. The normalized spacial score (nSPS) is 10.2. The molecule has 4 nitrogen and oxygen atoms in total. The molecule has 0 radical (unpaired) electrons. The molecule has 1 aromatic rings. The number of hydrogen-bond donors (Lipinski definition) is 2. The molecular weight excluding hydrogens is 218 g/mol. The first-order valence-corrected chi connectivity index (χ1v) is 4.43. The zero-order chi connectivity index (χ0) is 11.3. The van der Waals surface area contributed by atoms with Gasteiger partial charge >= 0.3 is 5.97 Å². The summed E-state index contributed by atoms with van der Waals surface area (Å²) < 4.78 is 0. The Hall–Kier alpha value is -1.81. The number of rotatable bonds is 3. The van der Waals surface area contributed by atoms with E-state index in [1.165, 1.54) is 0 Å². The monoisotopic (exact) mass is 225 g/mol. The highest BCUT2D eigenvalue weighted by atomic mass is 35.5. The SMILES string of the molecule is O=C(O)/C=C\C(=O)Nc1cccc(Cl)c1. The molecule has 0 fully saturated rings. The molecule has 0 heterocycles. The third-order valence-corrected chi connectivity index (χ3v) is 1.70. The Labute approximate surface area is 91.2 Å². The van der Waals surface area contributed by atoms with Gasteiger partial charge in [-0.15, -0.1) is 0 Å². The zero-order valence-electron chi connectivity index (χ0n) is 7.61. The summed E-state index contributed by atoms with van der Waals surface area (Å²) in [5.74, 6) is -1.68. The standard InChI is InChI=1S/C10H8ClNO3/c11-7-2-1-3-8(6-7)12-9(13)4-5-10(14)15/h1-6H,(H,12,13)(H,14,15)/b5-4-. The van der Waals surface area contributed by atoms with Crippen molar-refractivity contribution in [3.05, 3.63) is 41.4 Å². The van der Waals surface area contributed by atoms with Gasteiger partial charge < -0.3 is 10.4 Å². The van der Waals surface area contributed by atoms with Gasteiger partial charge in [0.25, 0.3) is 0 Å². The molecule has 1 aromatic carbocycles. The first-order valence-electron chi connectivity index (χ1n) is 4.05. The van der Waals surface area contributed by atoms with Crippen molar-refractivity contribution in [1.29, 1.82) is 0 Å². The number of anilines is 1. The van der Waals surface area contributed by atoms with Gasteiger partial charge in [0.2, 0.25) is 5.91 Å². The van der Waals surface area contributed by atoms with Crippen molar-refractivity contribution in [1.82, 2.24) is 0 Å². The van der Waals surface area contributed by atoms with Crippen molar-refractivity contribution in [2.24, 2.45) is 0 Å². The van der Waals surface area contributed by atoms with Crippen LogP contribution in [0.15, 0.2) is 36.4 Å². The maximum Gasteiger partial charge on any atom is 0.328 e. The third-order valence-electron chi connectivity index (χ3n) is 1.47. The number of nitrogens with one attached hydrogen (secondary N) is 1. The van der Waals surface area contributed by atoms with E-state index in [9.17, 15) is 9.59 Å². The smallest absolute Gasteiger partial charge is 0.328 e. The lowest BCUT2D eigenvalue weighted by Crippen LogP contribution is -2.08. The summed E-state index contributed by atoms with van der Waals surface area (Å²) in [6.45, 7) is 0. The fraction of sp³-hybridized carbons (Fsp3) is 0. The highest BCUT2D eigenvalue weighted by Crippen LogP contribution is 2.14. The number of halogens is 1. The predicted molar refractivity (Wildman–Crippen MR) is 56.9 cm³/mol. The highest BCUT2D eigenvalue weighted by Gasteiger charge is 1.98. The molecule has 0 unspecified atom stereocenters. The molecule has 0 aliphatic rings. The van der Waals surface area contributed by atoms with Crippen LogP contribution in [-0.2, 0) is 9.59 Å². The fourth-order valence-electron chi connectivity index (χ4n) is 0.897. The number of amides is 1. The summed E-state index contributed by atoms with van der Waals surface area (Å²) in [7, 11) is 0. The number of carboxylic acids is 1. The van der Waals surface area contributed by atoms with Crippen molar-refractivity contribution in [2.45, 2.75) is 0 Å². The molecule has 0 saturated carbocycles. The molecule has 0 aromatic heterocycles. The van der Waals surface area contributed by atoms with E-state index in [2.05, 4.69) is 5.32 Å². The van der Waals surface area contributed by atoms with Gasteiger partial charge in [0.05, 0.1) is 0 Å². The summed E-state index contributed by atoms with van der Waals surface area (Å²) in [4.78, 5) is 21.2. The predicted octanol–water partition coefficient (Wildman–Crippen LogP) is 1.92. The average molecular weight is 226 g/mol. The van der Waals surface area contributed by atoms with E-state index in [1.807, 2.05) is 0 Å². The van der Waals surface area contributed by atoms with E-state index in [-0.39, 0.29) is 0 Å². The number of carbonyl (C=O) groups is 2. The summed E-state index contributed by atoms with van der Waals surface area (Å²) in [6.07, 6.45) is 1.70. The van der Waals surface area contributed by atoms with Crippen LogP contribution in [-0.4, -0.2) is 17.0 Å². The second-order valence-corrected chi connectivity index (χ2v) is 3.11. The quantitative estimate of drug-likeness (QED) is 0.773. The molecule has 15 heavy (non-hydrogen) atoms. The van der Waals surface area contributed by atoms with Crippen LogP contribution in [0.3, 0.4) is 0 Å². The van der Waals surface area contributed by atoms with Gasteiger partial charge in [-0.25, -0.2) is 4.79 Å². The molecule has 1 rings (SSSR count). The Kier molecular flexibility index (Phi) is 3.88. The van der Waals surface area contributed by atoms with Gasteiger partial charge in [-0.05, 0) is 18.2 Å². The van der Waals surface area contributed by atoms with Gasteiger partial charge in [-0.2, -0.15) is 0 Å². The average Bonchev–Trinajstić information content (AvgIpc) is 2.15. The van der Waals surface area contributed by atoms with E-state index in [0.29, 0.717) is 10.7 Å². The molecule has 2 N–H and O–H groups in total. The van der Waals surface area contributed by atoms with Crippen molar-refractivity contribution in [3.8, 4) is 0 Å². The van der Waals surface area contributed by atoms with Crippen LogP contribution >= 0.6 is 11.6 Å². The van der Waals surface area contributed by atoms with Gasteiger partial charge in [0, 0.05) is 22.9 Å². The zero-order valence-corrected chi connectivity index (χ0v) is 8.36. The van der Waals surface area contributed by atoms with Crippen molar-refractivity contribution >= 4 is 29.2 Å². The summed E-state index contributed by atoms with van der Waals surface area (Å²) >= 11 is 5.69. The first kappa shape index (κ1) is 11.3. The number of carbonyl (C=O) groups excluding carboxylic acids is 1. The van der Waals surface area contributed by atoms with E-state index in [4.69, 9.17) is 16.7 Å². The third kappa shape index (κ3) is 4.28. The van der Waals surface area contributed by atoms with Gasteiger partial charge in [-0.3, -0.25) is 4.79 Å². The van der Waals surface area contributed by atoms with Gasteiger partial charge in [0.1, 0.15) is 0 Å². The highest BCUT2D eigenvalue weighted by molar-refractivity contribution is 6.30. The maximum absolute atomic E-state index is 11.1. The second-order valence-electron chi connectivity index (χ2n) is 2.67. The lowest BCUT2D eigenvalue weighted by molar-refractivity contribution is -0.131. The number of aliphatic carboxylic acids is 1.